The Morgan fingerprint density at radius 2 is 2.24 bits per heavy atom. The van der Waals surface area contributed by atoms with Crippen LogP contribution in [0.1, 0.15) is 12.0 Å². The summed E-state index contributed by atoms with van der Waals surface area (Å²) >= 11 is 1.37. The lowest BCUT2D eigenvalue weighted by Gasteiger charge is -2.15. The zero-order valence-corrected chi connectivity index (χ0v) is 12.7. The van der Waals surface area contributed by atoms with E-state index in [0.717, 1.165) is 18.2 Å². The van der Waals surface area contributed by atoms with Gasteiger partial charge in [0, 0.05) is 0 Å². The standard InChI is InChI=1S/C12H13FN2O4S2/c1-20-6-5-10(12(16)17)15-21(18,19)11-4-2-3-9(13)8(11)7-14/h2-4,10,15H,5-6H2,1H3,(H,16,17)/t10-/m0/s1. The van der Waals surface area contributed by atoms with E-state index in [0.29, 0.717) is 5.75 Å². The molecular weight excluding hydrogens is 319 g/mol. The molecule has 0 radical (unpaired) electrons. The molecule has 114 valence electrons. The number of rotatable bonds is 7. The largest absolute Gasteiger partial charge is 0.480 e. The van der Waals surface area contributed by atoms with Crippen molar-refractivity contribution in [3.05, 3.63) is 29.6 Å². The molecule has 0 heterocycles. The van der Waals surface area contributed by atoms with Crippen LogP contribution in [0.4, 0.5) is 4.39 Å². The van der Waals surface area contributed by atoms with E-state index in [4.69, 9.17) is 10.4 Å². The third-order valence-electron chi connectivity index (χ3n) is 2.58. The maximum Gasteiger partial charge on any atom is 0.321 e. The van der Waals surface area contributed by atoms with Gasteiger partial charge >= 0.3 is 5.97 Å². The van der Waals surface area contributed by atoms with Crippen LogP contribution < -0.4 is 4.72 Å². The average Bonchev–Trinajstić information content (AvgIpc) is 2.42. The Morgan fingerprint density at radius 1 is 1.57 bits per heavy atom. The number of nitrogens with one attached hydrogen (secondary N) is 1. The van der Waals surface area contributed by atoms with Crippen LogP contribution in [0.2, 0.25) is 0 Å². The normalized spacial score (nSPS) is 12.6. The number of sulfonamides is 1. The number of carboxylic acid groups (broad SMARTS) is 1. The maximum absolute atomic E-state index is 13.4. The summed E-state index contributed by atoms with van der Waals surface area (Å²) in [7, 11) is -4.30. The molecule has 0 aromatic heterocycles. The van der Waals surface area contributed by atoms with Gasteiger partial charge in [0.15, 0.2) is 0 Å². The minimum atomic E-state index is -4.30. The number of hydrogen-bond donors (Lipinski definition) is 2. The second-order valence-electron chi connectivity index (χ2n) is 4.02. The number of halogens is 1. The Morgan fingerprint density at radius 3 is 2.76 bits per heavy atom. The van der Waals surface area contributed by atoms with E-state index >= 15 is 0 Å². The number of carbonyl (C=O) groups is 1. The zero-order valence-electron chi connectivity index (χ0n) is 11.0. The van der Waals surface area contributed by atoms with Crippen molar-refractivity contribution in [2.45, 2.75) is 17.4 Å². The number of hydrogen-bond acceptors (Lipinski definition) is 5. The second-order valence-corrected chi connectivity index (χ2v) is 6.69. The fourth-order valence-electron chi connectivity index (χ4n) is 1.56. The van der Waals surface area contributed by atoms with Gasteiger partial charge in [-0.1, -0.05) is 6.07 Å². The number of benzene rings is 1. The van der Waals surface area contributed by atoms with Gasteiger partial charge in [0.1, 0.15) is 28.4 Å². The minimum absolute atomic E-state index is 0.0763. The number of nitrogens with zero attached hydrogens (tertiary/aromatic N) is 1. The smallest absolute Gasteiger partial charge is 0.321 e. The van der Waals surface area contributed by atoms with E-state index in [1.54, 1.807) is 6.26 Å². The molecule has 0 aliphatic carbocycles. The first-order chi connectivity index (χ1) is 9.83. The molecule has 0 amide bonds. The zero-order chi connectivity index (χ0) is 16.0. The van der Waals surface area contributed by atoms with Gasteiger partial charge in [-0.25, -0.2) is 12.8 Å². The highest BCUT2D eigenvalue weighted by molar-refractivity contribution is 7.98. The van der Waals surface area contributed by atoms with Crippen molar-refractivity contribution in [2.24, 2.45) is 0 Å². The Bertz CT molecular complexity index is 670. The molecule has 21 heavy (non-hydrogen) atoms. The molecule has 0 fully saturated rings. The number of aliphatic carboxylic acids is 1. The third kappa shape index (κ3) is 4.42. The lowest BCUT2D eigenvalue weighted by molar-refractivity contribution is -0.139. The molecule has 0 aliphatic rings. The number of nitriles is 1. The summed E-state index contributed by atoms with van der Waals surface area (Å²) in [5.74, 6) is -1.87. The molecule has 0 saturated heterocycles. The molecule has 0 unspecified atom stereocenters. The van der Waals surface area contributed by atoms with Gasteiger partial charge in [0.2, 0.25) is 10.0 Å². The van der Waals surface area contributed by atoms with Crippen LogP contribution in [0.5, 0.6) is 0 Å². The summed E-state index contributed by atoms with van der Waals surface area (Å²) in [6.07, 6.45) is 1.83. The first-order valence-corrected chi connectivity index (χ1v) is 8.64. The number of carboxylic acids is 1. The van der Waals surface area contributed by atoms with Crippen molar-refractivity contribution in [3.63, 3.8) is 0 Å². The third-order valence-corrected chi connectivity index (χ3v) is 4.74. The fourth-order valence-corrected chi connectivity index (χ4v) is 3.42. The highest BCUT2D eigenvalue weighted by Crippen LogP contribution is 2.18. The van der Waals surface area contributed by atoms with E-state index < -0.39 is 38.3 Å². The highest BCUT2D eigenvalue weighted by atomic mass is 32.2. The first-order valence-electron chi connectivity index (χ1n) is 5.76. The van der Waals surface area contributed by atoms with Crippen LogP contribution in [0, 0.1) is 17.1 Å². The molecule has 1 aromatic rings. The lowest BCUT2D eigenvalue weighted by atomic mass is 10.2. The molecule has 0 bridgehead atoms. The van der Waals surface area contributed by atoms with Gasteiger partial charge in [-0.05, 0) is 30.6 Å². The van der Waals surface area contributed by atoms with Gasteiger partial charge in [0.25, 0.3) is 0 Å². The van der Waals surface area contributed by atoms with Crippen LogP contribution >= 0.6 is 11.8 Å². The van der Waals surface area contributed by atoms with Crippen LogP contribution in [-0.2, 0) is 14.8 Å². The maximum atomic E-state index is 13.4. The Balaban J connectivity index is 3.14. The SMILES string of the molecule is CSCC[C@H](NS(=O)(=O)c1cccc(F)c1C#N)C(=O)O. The summed E-state index contributed by atoms with van der Waals surface area (Å²) in [5.41, 5.74) is -0.640. The fraction of sp³-hybridized carbons (Fsp3) is 0.333. The van der Waals surface area contributed by atoms with Gasteiger partial charge < -0.3 is 5.11 Å². The van der Waals surface area contributed by atoms with Gasteiger partial charge in [-0.2, -0.15) is 21.7 Å². The van der Waals surface area contributed by atoms with Gasteiger partial charge in [0.05, 0.1) is 0 Å². The molecule has 2 N–H and O–H groups in total. The van der Waals surface area contributed by atoms with E-state index in [-0.39, 0.29) is 6.42 Å². The van der Waals surface area contributed by atoms with E-state index in [1.165, 1.54) is 17.8 Å². The van der Waals surface area contributed by atoms with Gasteiger partial charge in [-0.15, -0.1) is 0 Å². The summed E-state index contributed by atoms with van der Waals surface area (Å²) in [6, 6.07) is 3.29. The minimum Gasteiger partial charge on any atom is -0.480 e. The van der Waals surface area contributed by atoms with Crippen molar-refractivity contribution in [1.29, 1.82) is 5.26 Å². The van der Waals surface area contributed by atoms with E-state index in [9.17, 15) is 17.6 Å². The molecule has 1 atom stereocenters. The van der Waals surface area contributed by atoms with Crippen LogP contribution in [0.15, 0.2) is 23.1 Å². The summed E-state index contributed by atoms with van der Waals surface area (Å²) in [4.78, 5) is 10.5. The molecule has 1 rings (SSSR count). The van der Waals surface area contributed by atoms with Crippen LogP contribution in [0.25, 0.3) is 0 Å². The predicted molar refractivity (Wildman–Crippen MR) is 75.9 cm³/mol. The highest BCUT2D eigenvalue weighted by Gasteiger charge is 2.27. The molecule has 0 aliphatic heterocycles. The molecular formula is C12H13FN2O4S2. The summed E-state index contributed by atoms with van der Waals surface area (Å²) < 4.78 is 39.7. The Labute approximate surface area is 126 Å². The Hall–Kier alpha value is -1.63. The van der Waals surface area contributed by atoms with Crippen molar-refractivity contribution < 1.29 is 22.7 Å². The number of thioether (sulfide) groups is 1. The van der Waals surface area contributed by atoms with Crippen molar-refractivity contribution >= 4 is 27.8 Å². The Kier molecular flexibility index (Phi) is 6.14. The molecule has 6 nitrogen and oxygen atoms in total. The van der Waals surface area contributed by atoms with Crippen molar-refractivity contribution in [2.75, 3.05) is 12.0 Å². The predicted octanol–water partition coefficient (Wildman–Crippen LogP) is 1.18. The summed E-state index contributed by atoms with van der Waals surface area (Å²) in [5, 5.41) is 17.9. The molecule has 0 saturated carbocycles. The van der Waals surface area contributed by atoms with Gasteiger partial charge in [-0.3, -0.25) is 4.79 Å². The lowest BCUT2D eigenvalue weighted by Crippen LogP contribution is -2.41. The summed E-state index contributed by atoms with van der Waals surface area (Å²) in [6.45, 7) is 0. The van der Waals surface area contributed by atoms with Crippen LogP contribution in [-0.4, -0.2) is 37.5 Å². The average molecular weight is 332 g/mol. The van der Waals surface area contributed by atoms with E-state index in [2.05, 4.69) is 0 Å². The monoisotopic (exact) mass is 332 g/mol. The van der Waals surface area contributed by atoms with Crippen molar-refractivity contribution in [3.8, 4) is 6.07 Å². The first kappa shape index (κ1) is 17.4. The van der Waals surface area contributed by atoms with E-state index in [1.807, 2.05) is 4.72 Å². The quantitative estimate of drug-likeness (QED) is 0.776. The van der Waals surface area contributed by atoms with Crippen LogP contribution in [0.3, 0.4) is 0 Å². The molecule has 9 heteroatoms. The molecule has 1 aromatic carbocycles. The molecule has 0 spiro atoms. The second kappa shape index (κ2) is 7.40. The van der Waals surface area contributed by atoms with Crippen molar-refractivity contribution in [1.82, 2.24) is 4.72 Å². The topological polar surface area (TPSA) is 107 Å².